The monoisotopic (exact) mass is 251 g/mol. The maximum atomic E-state index is 13.4. The predicted octanol–water partition coefficient (Wildman–Crippen LogP) is 4.76. The summed E-state index contributed by atoms with van der Waals surface area (Å²) < 4.78 is 13.4. The maximum Gasteiger partial charge on any atom is 0.123 e. The Kier molecular flexibility index (Phi) is 6.96. The van der Waals surface area contributed by atoms with Crippen LogP contribution in [0.15, 0.2) is 18.2 Å². The van der Waals surface area contributed by atoms with Gasteiger partial charge >= 0.3 is 0 Å². The molecule has 2 heteroatoms. The largest absolute Gasteiger partial charge is 0.313 e. The normalized spacial score (nSPS) is 12.7. The summed E-state index contributed by atoms with van der Waals surface area (Å²) in [5.74, 6) is -0.128. The van der Waals surface area contributed by atoms with Crippen LogP contribution in [0.25, 0.3) is 0 Å². The van der Waals surface area contributed by atoms with E-state index in [1.807, 2.05) is 14.0 Å². The van der Waals surface area contributed by atoms with Crippen LogP contribution < -0.4 is 5.32 Å². The van der Waals surface area contributed by atoms with Crippen LogP contribution in [0, 0.1) is 12.7 Å². The summed E-state index contributed by atoms with van der Waals surface area (Å²) in [6.45, 7) is 4.17. The fourth-order valence-electron chi connectivity index (χ4n) is 2.40. The number of halogens is 1. The highest BCUT2D eigenvalue weighted by atomic mass is 19.1. The van der Waals surface area contributed by atoms with E-state index in [1.165, 1.54) is 32.1 Å². The standard InChI is InChI=1S/C16H26FN/c1-4-5-6-7-8-9-16(18-3)14-10-13(2)11-15(17)12-14/h10-12,16,18H,4-9H2,1-3H3. The lowest BCUT2D eigenvalue weighted by atomic mass is 9.98. The maximum absolute atomic E-state index is 13.4. The van der Waals surface area contributed by atoms with Gasteiger partial charge in [-0.15, -0.1) is 0 Å². The van der Waals surface area contributed by atoms with Gasteiger partial charge in [0.05, 0.1) is 0 Å². The van der Waals surface area contributed by atoms with Crippen molar-refractivity contribution in [3.05, 3.63) is 35.1 Å². The van der Waals surface area contributed by atoms with E-state index in [0.29, 0.717) is 0 Å². The third-order valence-corrected chi connectivity index (χ3v) is 3.41. The summed E-state index contributed by atoms with van der Waals surface area (Å²) in [6.07, 6.45) is 7.49. The van der Waals surface area contributed by atoms with Gasteiger partial charge in [0.15, 0.2) is 0 Å². The van der Waals surface area contributed by atoms with Gasteiger partial charge in [0.25, 0.3) is 0 Å². The van der Waals surface area contributed by atoms with Gasteiger partial charge in [-0.1, -0.05) is 45.1 Å². The number of rotatable bonds is 8. The van der Waals surface area contributed by atoms with Crippen LogP contribution in [0.2, 0.25) is 0 Å². The molecule has 0 bridgehead atoms. The van der Waals surface area contributed by atoms with Crippen molar-refractivity contribution in [1.82, 2.24) is 5.32 Å². The number of benzene rings is 1. The highest BCUT2D eigenvalue weighted by Gasteiger charge is 2.10. The third-order valence-electron chi connectivity index (χ3n) is 3.41. The van der Waals surface area contributed by atoms with E-state index >= 15 is 0 Å². The van der Waals surface area contributed by atoms with Crippen LogP contribution >= 0.6 is 0 Å². The molecular formula is C16H26FN. The van der Waals surface area contributed by atoms with Crippen molar-refractivity contribution in [2.45, 2.75) is 58.4 Å². The van der Waals surface area contributed by atoms with Crippen molar-refractivity contribution in [3.8, 4) is 0 Å². The molecule has 0 aliphatic heterocycles. The van der Waals surface area contributed by atoms with Crippen molar-refractivity contribution in [3.63, 3.8) is 0 Å². The first kappa shape index (κ1) is 15.2. The average Bonchev–Trinajstić information content (AvgIpc) is 2.32. The molecule has 1 N–H and O–H groups in total. The minimum absolute atomic E-state index is 0.128. The van der Waals surface area contributed by atoms with E-state index in [0.717, 1.165) is 17.5 Å². The number of unbranched alkanes of at least 4 members (excludes halogenated alkanes) is 4. The number of hydrogen-bond donors (Lipinski definition) is 1. The molecule has 18 heavy (non-hydrogen) atoms. The number of hydrogen-bond acceptors (Lipinski definition) is 1. The van der Waals surface area contributed by atoms with Gasteiger partial charge in [0, 0.05) is 6.04 Å². The first-order valence-electron chi connectivity index (χ1n) is 7.11. The van der Waals surface area contributed by atoms with Crippen LogP contribution in [0.3, 0.4) is 0 Å². The van der Waals surface area contributed by atoms with Crippen LogP contribution in [-0.4, -0.2) is 7.05 Å². The Morgan fingerprint density at radius 1 is 1.11 bits per heavy atom. The summed E-state index contributed by atoms with van der Waals surface area (Å²) in [4.78, 5) is 0. The van der Waals surface area contributed by atoms with Crippen molar-refractivity contribution >= 4 is 0 Å². The molecule has 1 aromatic carbocycles. The van der Waals surface area contributed by atoms with E-state index in [9.17, 15) is 4.39 Å². The molecule has 102 valence electrons. The summed E-state index contributed by atoms with van der Waals surface area (Å²) >= 11 is 0. The first-order chi connectivity index (χ1) is 8.67. The second-order valence-corrected chi connectivity index (χ2v) is 5.11. The Bertz CT molecular complexity index is 329. The van der Waals surface area contributed by atoms with Gasteiger partial charge in [0.2, 0.25) is 0 Å². The molecule has 0 aromatic heterocycles. The van der Waals surface area contributed by atoms with E-state index in [-0.39, 0.29) is 11.9 Å². The molecule has 1 rings (SSSR count). The predicted molar refractivity (Wildman–Crippen MR) is 76.3 cm³/mol. The van der Waals surface area contributed by atoms with Crippen molar-refractivity contribution in [2.75, 3.05) is 7.05 Å². The van der Waals surface area contributed by atoms with Crippen LogP contribution in [0.5, 0.6) is 0 Å². The lowest BCUT2D eigenvalue weighted by Gasteiger charge is -2.17. The molecule has 0 aliphatic rings. The van der Waals surface area contributed by atoms with Gasteiger partial charge in [0.1, 0.15) is 5.82 Å². The van der Waals surface area contributed by atoms with Crippen molar-refractivity contribution in [2.24, 2.45) is 0 Å². The van der Waals surface area contributed by atoms with Gasteiger partial charge in [-0.05, 0) is 43.7 Å². The zero-order valence-electron chi connectivity index (χ0n) is 11.9. The SMILES string of the molecule is CCCCCCCC(NC)c1cc(C)cc(F)c1. The molecule has 1 unspecified atom stereocenters. The Balaban J connectivity index is 2.49. The molecule has 0 saturated carbocycles. The van der Waals surface area contributed by atoms with Crippen LogP contribution in [0.4, 0.5) is 4.39 Å². The van der Waals surface area contributed by atoms with Crippen molar-refractivity contribution in [1.29, 1.82) is 0 Å². The zero-order valence-corrected chi connectivity index (χ0v) is 11.9. The van der Waals surface area contributed by atoms with Gasteiger partial charge in [-0.2, -0.15) is 0 Å². The third kappa shape index (κ3) is 5.18. The molecule has 1 aromatic rings. The topological polar surface area (TPSA) is 12.0 Å². The second kappa shape index (κ2) is 8.25. The Morgan fingerprint density at radius 3 is 2.44 bits per heavy atom. The molecule has 0 amide bonds. The highest BCUT2D eigenvalue weighted by molar-refractivity contribution is 5.26. The molecule has 0 saturated heterocycles. The van der Waals surface area contributed by atoms with Crippen LogP contribution in [-0.2, 0) is 0 Å². The Labute approximate surface area is 111 Å². The van der Waals surface area contributed by atoms with E-state index in [1.54, 1.807) is 12.1 Å². The molecule has 1 nitrogen and oxygen atoms in total. The van der Waals surface area contributed by atoms with E-state index in [2.05, 4.69) is 18.3 Å². The second-order valence-electron chi connectivity index (χ2n) is 5.11. The van der Waals surface area contributed by atoms with Gasteiger partial charge in [-0.25, -0.2) is 4.39 Å². The van der Waals surface area contributed by atoms with Crippen LogP contribution in [0.1, 0.15) is 62.6 Å². The lowest BCUT2D eigenvalue weighted by molar-refractivity contribution is 0.497. The van der Waals surface area contributed by atoms with Gasteiger partial charge in [-0.3, -0.25) is 0 Å². The molecule has 0 spiro atoms. The Morgan fingerprint density at radius 2 is 1.83 bits per heavy atom. The molecule has 0 fully saturated rings. The van der Waals surface area contributed by atoms with E-state index < -0.39 is 0 Å². The molecule has 0 aliphatic carbocycles. The minimum atomic E-state index is -0.128. The number of nitrogens with one attached hydrogen (secondary N) is 1. The molecule has 1 atom stereocenters. The molecular weight excluding hydrogens is 225 g/mol. The summed E-state index contributed by atoms with van der Waals surface area (Å²) in [6, 6.07) is 5.59. The quantitative estimate of drug-likeness (QED) is 0.657. The minimum Gasteiger partial charge on any atom is -0.313 e. The van der Waals surface area contributed by atoms with Crippen molar-refractivity contribution < 1.29 is 4.39 Å². The summed E-state index contributed by atoms with van der Waals surface area (Å²) in [5.41, 5.74) is 2.07. The van der Waals surface area contributed by atoms with E-state index in [4.69, 9.17) is 0 Å². The summed E-state index contributed by atoms with van der Waals surface area (Å²) in [7, 11) is 1.96. The first-order valence-corrected chi connectivity index (χ1v) is 7.11. The zero-order chi connectivity index (χ0) is 13.4. The average molecular weight is 251 g/mol. The molecule has 0 radical (unpaired) electrons. The number of aryl methyl sites for hydroxylation is 1. The molecule has 0 heterocycles. The highest BCUT2D eigenvalue weighted by Crippen LogP contribution is 2.22. The Hall–Kier alpha value is -0.890. The smallest absolute Gasteiger partial charge is 0.123 e. The fourth-order valence-corrected chi connectivity index (χ4v) is 2.40. The lowest BCUT2D eigenvalue weighted by Crippen LogP contribution is -2.16. The summed E-state index contributed by atoms with van der Waals surface area (Å²) in [5, 5.41) is 3.30. The van der Waals surface area contributed by atoms with Gasteiger partial charge < -0.3 is 5.32 Å². The fraction of sp³-hybridized carbons (Fsp3) is 0.625.